The van der Waals surface area contributed by atoms with E-state index in [4.69, 9.17) is 5.11 Å². The highest BCUT2D eigenvalue weighted by atomic mass is 19.2. The van der Waals surface area contributed by atoms with Gasteiger partial charge >= 0.3 is 0 Å². The van der Waals surface area contributed by atoms with Gasteiger partial charge in [-0.05, 0) is 43.7 Å². The maximum Gasteiger partial charge on any atom is 0.272 e. The normalized spacial score (nSPS) is 14.4. The number of hydrogen-bond acceptors (Lipinski definition) is 3. The molecule has 0 fully saturated rings. The van der Waals surface area contributed by atoms with E-state index >= 15 is 0 Å². The number of hydrogen-bond donors (Lipinski definition) is 2. The predicted octanol–water partition coefficient (Wildman–Crippen LogP) is 2.39. The molecule has 2 N–H and O–H groups in total. The summed E-state index contributed by atoms with van der Waals surface area (Å²) in [6.45, 7) is 2.48. The number of amides is 1. The molecule has 25 heavy (non-hydrogen) atoms. The van der Waals surface area contributed by atoms with Crippen LogP contribution in [0.3, 0.4) is 0 Å². The number of carbonyl (C=O) groups excluding carboxylic acids is 1. The minimum absolute atomic E-state index is 0.0805. The Morgan fingerprint density at radius 2 is 2.16 bits per heavy atom. The third-order valence-corrected chi connectivity index (χ3v) is 4.53. The first kappa shape index (κ1) is 17.5. The number of carbonyl (C=O) groups is 1. The molecule has 0 aliphatic heterocycles. The molecule has 0 bridgehead atoms. The summed E-state index contributed by atoms with van der Waals surface area (Å²) in [7, 11) is 0. The van der Waals surface area contributed by atoms with E-state index in [1.807, 2.05) is 6.92 Å². The van der Waals surface area contributed by atoms with Gasteiger partial charge in [-0.3, -0.25) is 4.79 Å². The Hall–Kier alpha value is -2.28. The van der Waals surface area contributed by atoms with Crippen LogP contribution in [0, 0.1) is 17.6 Å². The molecule has 3 rings (SSSR count). The third-order valence-electron chi connectivity index (χ3n) is 4.53. The topological polar surface area (TPSA) is 67.2 Å². The molecule has 1 heterocycles. The van der Waals surface area contributed by atoms with E-state index in [0.717, 1.165) is 42.7 Å². The maximum atomic E-state index is 13.5. The summed E-state index contributed by atoms with van der Waals surface area (Å²) >= 11 is 0. The van der Waals surface area contributed by atoms with Crippen LogP contribution in [0.1, 0.15) is 41.5 Å². The minimum Gasteiger partial charge on any atom is -0.396 e. The average Bonchev–Trinajstić information content (AvgIpc) is 3.18. The van der Waals surface area contributed by atoms with Crippen LogP contribution in [0.15, 0.2) is 18.2 Å². The molecular formula is C18H21F2N3O2. The maximum absolute atomic E-state index is 13.5. The highest BCUT2D eigenvalue weighted by Gasteiger charge is 2.27. The molecule has 0 radical (unpaired) electrons. The number of nitrogens with zero attached hydrogens (tertiary/aromatic N) is 2. The molecule has 5 nitrogen and oxygen atoms in total. The lowest BCUT2D eigenvalue weighted by atomic mass is 10.1. The van der Waals surface area contributed by atoms with Crippen LogP contribution in [0.2, 0.25) is 0 Å². The van der Waals surface area contributed by atoms with Crippen molar-refractivity contribution in [2.24, 2.45) is 5.92 Å². The van der Waals surface area contributed by atoms with Crippen LogP contribution >= 0.6 is 0 Å². The SMILES string of the molecule is CC(CCO)CNC(=O)c1nn(-c2ccc(F)c(F)c2)c2c1CCC2. The zero-order valence-corrected chi connectivity index (χ0v) is 14.1. The van der Waals surface area contributed by atoms with Crippen LogP contribution in [-0.2, 0) is 12.8 Å². The van der Waals surface area contributed by atoms with E-state index < -0.39 is 11.6 Å². The number of nitrogens with one attached hydrogen (secondary N) is 1. The Balaban J connectivity index is 1.87. The van der Waals surface area contributed by atoms with Crippen LogP contribution < -0.4 is 5.32 Å². The summed E-state index contributed by atoms with van der Waals surface area (Å²) in [6.07, 6.45) is 3.00. The fraction of sp³-hybridized carbons (Fsp3) is 0.444. The summed E-state index contributed by atoms with van der Waals surface area (Å²) < 4.78 is 28.3. The monoisotopic (exact) mass is 349 g/mol. The first-order valence-electron chi connectivity index (χ1n) is 8.46. The highest BCUT2D eigenvalue weighted by molar-refractivity contribution is 5.94. The lowest BCUT2D eigenvalue weighted by Crippen LogP contribution is -2.29. The average molecular weight is 349 g/mol. The van der Waals surface area contributed by atoms with Crippen molar-refractivity contribution in [3.8, 4) is 5.69 Å². The second kappa shape index (κ2) is 7.31. The third kappa shape index (κ3) is 3.56. The summed E-state index contributed by atoms with van der Waals surface area (Å²) in [5.41, 5.74) is 2.50. The Morgan fingerprint density at radius 3 is 2.88 bits per heavy atom. The van der Waals surface area contributed by atoms with Gasteiger partial charge in [-0.15, -0.1) is 0 Å². The molecule has 1 atom stereocenters. The number of aliphatic hydroxyl groups is 1. The molecule has 7 heteroatoms. The van der Waals surface area contributed by atoms with Crippen LogP contribution in [0.4, 0.5) is 8.78 Å². The fourth-order valence-corrected chi connectivity index (χ4v) is 3.12. The van der Waals surface area contributed by atoms with Crippen molar-refractivity contribution in [2.75, 3.05) is 13.2 Å². The molecule has 1 unspecified atom stereocenters. The number of aliphatic hydroxyl groups excluding tert-OH is 1. The molecule has 1 amide bonds. The van der Waals surface area contributed by atoms with E-state index in [1.165, 1.54) is 10.7 Å². The second-order valence-electron chi connectivity index (χ2n) is 6.47. The lowest BCUT2D eigenvalue weighted by Gasteiger charge is -2.10. The van der Waals surface area contributed by atoms with Crippen molar-refractivity contribution in [3.05, 3.63) is 46.8 Å². The smallest absolute Gasteiger partial charge is 0.272 e. The zero-order chi connectivity index (χ0) is 18.0. The minimum atomic E-state index is -0.941. The van der Waals surface area contributed by atoms with Gasteiger partial charge in [0.25, 0.3) is 5.91 Å². The van der Waals surface area contributed by atoms with Gasteiger partial charge in [-0.2, -0.15) is 5.10 Å². The van der Waals surface area contributed by atoms with E-state index in [2.05, 4.69) is 10.4 Å². The highest BCUT2D eigenvalue weighted by Crippen LogP contribution is 2.28. The van der Waals surface area contributed by atoms with Gasteiger partial charge in [-0.1, -0.05) is 6.92 Å². The van der Waals surface area contributed by atoms with Crippen molar-refractivity contribution in [3.63, 3.8) is 0 Å². The number of fused-ring (bicyclic) bond motifs is 1. The van der Waals surface area contributed by atoms with Crippen LogP contribution in [-0.4, -0.2) is 33.9 Å². The molecule has 2 aromatic rings. The molecule has 0 spiro atoms. The molecular weight excluding hydrogens is 328 g/mol. The molecule has 1 aliphatic carbocycles. The van der Waals surface area contributed by atoms with Gasteiger partial charge in [-0.25, -0.2) is 13.5 Å². The lowest BCUT2D eigenvalue weighted by molar-refractivity contribution is 0.0939. The van der Waals surface area contributed by atoms with E-state index in [1.54, 1.807) is 0 Å². The number of aromatic nitrogens is 2. The summed E-state index contributed by atoms with van der Waals surface area (Å²) in [5, 5.41) is 16.1. The Bertz CT molecular complexity index is 789. The summed E-state index contributed by atoms with van der Waals surface area (Å²) in [5.74, 6) is -1.97. The predicted molar refractivity (Wildman–Crippen MR) is 88.7 cm³/mol. The Kier molecular flexibility index (Phi) is 5.13. The summed E-state index contributed by atoms with van der Waals surface area (Å²) in [4.78, 5) is 12.5. The van der Waals surface area contributed by atoms with Crippen molar-refractivity contribution < 1.29 is 18.7 Å². The van der Waals surface area contributed by atoms with E-state index in [0.29, 0.717) is 24.3 Å². The van der Waals surface area contributed by atoms with Crippen molar-refractivity contribution >= 4 is 5.91 Å². The molecule has 0 saturated heterocycles. The molecule has 1 aromatic heterocycles. The van der Waals surface area contributed by atoms with Gasteiger partial charge in [0.1, 0.15) is 0 Å². The largest absolute Gasteiger partial charge is 0.396 e. The second-order valence-corrected chi connectivity index (χ2v) is 6.47. The van der Waals surface area contributed by atoms with Gasteiger partial charge in [0, 0.05) is 30.5 Å². The fourth-order valence-electron chi connectivity index (χ4n) is 3.12. The van der Waals surface area contributed by atoms with Gasteiger partial charge < -0.3 is 10.4 Å². The molecule has 1 aromatic carbocycles. The zero-order valence-electron chi connectivity index (χ0n) is 14.1. The summed E-state index contributed by atoms with van der Waals surface area (Å²) in [6, 6.07) is 3.60. The van der Waals surface area contributed by atoms with Crippen LogP contribution in [0.5, 0.6) is 0 Å². The number of benzene rings is 1. The van der Waals surface area contributed by atoms with Crippen molar-refractivity contribution in [2.45, 2.75) is 32.6 Å². The number of rotatable bonds is 6. The quantitative estimate of drug-likeness (QED) is 0.841. The van der Waals surface area contributed by atoms with Gasteiger partial charge in [0.15, 0.2) is 17.3 Å². The first-order chi connectivity index (χ1) is 12.0. The molecule has 1 aliphatic rings. The van der Waals surface area contributed by atoms with E-state index in [9.17, 15) is 13.6 Å². The Labute approximate surface area is 144 Å². The standard InChI is InChI=1S/C18H21F2N3O2/c1-11(7-8-24)10-21-18(25)17-13-3-2-4-16(13)23(22-17)12-5-6-14(19)15(20)9-12/h5-6,9,11,24H,2-4,7-8,10H2,1H3,(H,21,25). The van der Waals surface area contributed by atoms with Crippen molar-refractivity contribution in [1.82, 2.24) is 15.1 Å². The number of halogens is 2. The van der Waals surface area contributed by atoms with Gasteiger partial charge in [0.05, 0.1) is 5.69 Å². The van der Waals surface area contributed by atoms with E-state index in [-0.39, 0.29) is 18.4 Å². The Morgan fingerprint density at radius 1 is 1.36 bits per heavy atom. The van der Waals surface area contributed by atoms with Crippen molar-refractivity contribution in [1.29, 1.82) is 0 Å². The molecule has 0 saturated carbocycles. The van der Waals surface area contributed by atoms with Crippen LogP contribution in [0.25, 0.3) is 5.69 Å². The van der Waals surface area contributed by atoms with Gasteiger partial charge in [0.2, 0.25) is 0 Å². The molecule has 134 valence electrons. The first-order valence-corrected chi connectivity index (χ1v) is 8.46.